The first-order chi connectivity index (χ1) is 7.36. The van der Waals surface area contributed by atoms with Gasteiger partial charge in [0.15, 0.2) is 0 Å². The molecule has 1 aliphatic rings. The molecule has 0 spiro atoms. The van der Waals surface area contributed by atoms with Crippen molar-refractivity contribution >= 4 is 11.8 Å². The van der Waals surface area contributed by atoms with Gasteiger partial charge in [0.05, 0.1) is 0 Å². The fourth-order valence-electron chi connectivity index (χ4n) is 2.06. The van der Waals surface area contributed by atoms with Gasteiger partial charge in [-0.05, 0) is 36.8 Å². The predicted molar refractivity (Wildman–Crippen MR) is 68.3 cm³/mol. The zero-order chi connectivity index (χ0) is 10.5. The van der Waals surface area contributed by atoms with E-state index >= 15 is 0 Å². The Morgan fingerprint density at radius 2 is 1.87 bits per heavy atom. The molecule has 82 valence electrons. The van der Waals surface area contributed by atoms with Gasteiger partial charge in [0.1, 0.15) is 0 Å². The summed E-state index contributed by atoms with van der Waals surface area (Å²) in [5, 5.41) is 3.72. The van der Waals surface area contributed by atoms with Crippen molar-refractivity contribution < 1.29 is 0 Å². The minimum Gasteiger partial charge on any atom is -0.307 e. The summed E-state index contributed by atoms with van der Waals surface area (Å²) in [7, 11) is 0. The van der Waals surface area contributed by atoms with Crippen LogP contribution in [0.3, 0.4) is 0 Å². The van der Waals surface area contributed by atoms with E-state index in [0.29, 0.717) is 6.04 Å². The molecule has 0 aliphatic carbocycles. The molecule has 1 nitrogen and oxygen atoms in total. The third kappa shape index (κ3) is 3.25. The van der Waals surface area contributed by atoms with Crippen molar-refractivity contribution in [1.29, 1.82) is 0 Å². The summed E-state index contributed by atoms with van der Waals surface area (Å²) < 4.78 is 0. The first kappa shape index (κ1) is 11.0. The molecule has 1 aromatic rings. The quantitative estimate of drug-likeness (QED) is 0.841. The average molecular weight is 221 g/mol. The summed E-state index contributed by atoms with van der Waals surface area (Å²) in [4.78, 5) is 0. The van der Waals surface area contributed by atoms with Crippen molar-refractivity contribution in [1.82, 2.24) is 5.32 Å². The van der Waals surface area contributed by atoms with Gasteiger partial charge in [0.2, 0.25) is 0 Å². The van der Waals surface area contributed by atoms with E-state index in [-0.39, 0.29) is 0 Å². The van der Waals surface area contributed by atoms with E-state index in [2.05, 4.69) is 54.3 Å². The lowest BCUT2D eigenvalue weighted by Crippen LogP contribution is -2.34. The lowest BCUT2D eigenvalue weighted by molar-refractivity contribution is 0.431. The highest BCUT2D eigenvalue weighted by atomic mass is 32.2. The molecule has 1 atom stereocenters. The maximum Gasteiger partial charge on any atom is 0.0294 e. The van der Waals surface area contributed by atoms with Gasteiger partial charge in [-0.3, -0.25) is 0 Å². The first-order valence-corrected chi connectivity index (χ1v) is 6.90. The molecular weight excluding hydrogens is 202 g/mol. The molecule has 0 bridgehead atoms. The van der Waals surface area contributed by atoms with Crippen molar-refractivity contribution in [2.24, 2.45) is 0 Å². The summed E-state index contributed by atoms with van der Waals surface area (Å²) in [6.07, 6.45) is 2.64. The highest BCUT2D eigenvalue weighted by Crippen LogP contribution is 2.20. The molecule has 0 radical (unpaired) electrons. The van der Waals surface area contributed by atoms with Gasteiger partial charge < -0.3 is 5.32 Å². The van der Waals surface area contributed by atoms with Gasteiger partial charge in [-0.15, -0.1) is 0 Å². The van der Waals surface area contributed by atoms with Gasteiger partial charge in [0, 0.05) is 12.1 Å². The van der Waals surface area contributed by atoms with Crippen molar-refractivity contribution in [3.63, 3.8) is 0 Å². The van der Waals surface area contributed by atoms with E-state index in [1.54, 1.807) is 0 Å². The molecule has 1 saturated heterocycles. The first-order valence-electron chi connectivity index (χ1n) is 5.75. The Hall–Kier alpha value is -0.470. The number of rotatable bonds is 3. The molecule has 0 aromatic heterocycles. The van der Waals surface area contributed by atoms with E-state index in [1.165, 1.54) is 29.9 Å². The van der Waals surface area contributed by atoms with E-state index in [9.17, 15) is 0 Å². The molecule has 0 saturated carbocycles. The molecule has 0 amide bonds. The fraction of sp³-hybridized carbons (Fsp3) is 0.538. The summed E-state index contributed by atoms with van der Waals surface area (Å²) in [6.45, 7) is 2.26. The van der Waals surface area contributed by atoms with Crippen molar-refractivity contribution in [3.05, 3.63) is 35.9 Å². The zero-order valence-electron chi connectivity index (χ0n) is 9.28. The highest BCUT2D eigenvalue weighted by molar-refractivity contribution is 7.99. The third-order valence-corrected chi connectivity index (χ3v) is 4.06. The van der Waals surface area contributed by atoms with Gasteiger partial charge in [0.25, 0.3) is 0 Å². The van der Waals surface area contributed by atoms with Crippen molar-refractivity contribution in [2.75, 3.05) is 11.5 Å². The van der Waals surface area contributed by atoms with Crippen LogP contribution in [0.15, 0.2) is 30.3 Å². The van der Waals surface area contributed by atoms with Crippen LogP contribution < -0.4 is 5.32 Å². The van der Waals surface area contributed by atoms with Gasteiger partial charge in [-0.2, -0.15) is 11.8 Å². The van der Waals surface area contributed by atoms with E-state index < -0.39 is 0 Å². The second-order valence-corrected chi connectivity index (χ2v) is 5.41. The topological polar surface area (TPSA) is 12.0 Å². The summed E-state index contributed by atoms with van der Waals surface area (Å²) in [5.41, 5.74) is 1.40. The van der Waals surface area contributed by atoms with Crippen LogP contribution in [0.4, 0.5) is 0 Å². The van der Waals surface area contributed by atoms with E-state index in [4.69, 9.17) is 0 Å². The molecule has 1 N–H and O–H groups in total. The molecule has 15 heavy (non-hydrogen) atoms. The van der Waals surface area contributed by atoms with Crippen LogP contribution in [0.2, 0.25) is 0 Å². The van der Waals surface area contributed by atoms with Gasteiger partial charge in [-0.25, -0.2) is 0 Å². The van der Waals surface area contributed by atoms with E-state index in [0.717, 1.165) is 6.04 Å². The van der Waals surface area contributed by atoms with Crippen LogP contribution in [0.25, 0.3) is 0 Å². The number of hydrogen-bond acceptors (Lipinski definition) is 2. The van der Waals surface area contributed by atoms with Gasteiger partial charge >= 0.3 is 0 Å². The lowest BCUT2D eigenvalue weighted by atomic mass is 10.1. The minimum atomic E-state index is 0.485. The van der Waals surface area contributed by atoms with Gasteiger partial charge in [-0.1, -0.05) is 30.3 Å². The van der Waals surface area contributed by atoms with Crippen molar-refractivity contribution in [2.45, 2.75) is 31.8 Å². The number of benzene rings is 1. The van der Waals surface area contributed by atoms with Crippen LogP contribution in [0.1, 0.15) is 31.4 Å². The number of thioether (sulfide) groups is 1. The maximum atomic E-state index is 3.72. The number of hydrogen-bond donors (Lipinski definition) is 1. The molecular formula is C13H19NS. The molecule has 2 heteroatoms. The molecule has 1 fully saturated rings. The Kier molecular flexibility index (Phi) is 4.09. The average Bonchev–Trinajstić information content (AvgIpc) is 2.31. The predicted octanol–water partition coefficient (Wildman–Crippen LogP) is 3.23. The molecule has 2 rings (SSSR count). The normalized spacial score (nSPS) is 20.1. The summed E-state index contributed by atoms with van der Waals surface area (Å²) in [6, 6.07) is 11.9. The Bertz CT molecular complexity index is 280. The van der Waals surface area contributed by atoms with E-state index in [1.807, 2.05) is 0 Å². The zero-order valence-corrected chi connectivity index (χ0v) is 10.1. The Morgan fingerprint density at radius 1 is 1.20 bits per heavy atom. The molecule has 1 aromatic carbocycles. The number of nitrogens with one attached hydrogen (secondary N) is 1. The van der Waals surface area contributed by atoms with Crippen LogP contribution in [-0.4, -0.2) is 17.5 Å². The maximum absolute atomic E-state index is 3.72. The third-order valence-electron chi connectivity index (χ3n) is 3.01. The minimum absolute atomic E-state index is 0.485. The molecule has 1 aliphatic heterocycles. The highest BCUT2D eigenvalue weighted by Gasteiger charge is 2.15. The largest absolute Gasteiger partial charge is 0.307 e. The smallest absolute Gasteiger partial charge is 0.0294 e. The second-order valence-electron chi connectivity index (χ2n) is 4.19. The fourth-order valence-corrected chi connectivity index (χ4v) is 3.16. The Labute approximate surface area is 96.7 Å². The standard InChI is InChI=1S/C13H19NS/c1-11(12-5-3-2-4-6-12)14-13-7-9-15-10-8-13/h2-6,11,13-14H,7-10H2,1H3/t11-/m1/s1. The lowest BCUT2D eigenvalue weighted by Gasteiger charge is -2.26. The van der Waals surface area contributed by atoms with Crippen molar-refractivity contribution in [3.8, 4) is 0 Å². The monoisotopic (exact) mass is 221 g/mol. The Balaban J connectivity index is 1.88. The second kappa shape index (κ2) is 5.57. The molecule has 0 unspecified atom stereocenters. The SMILES string of the molecule is C[C@@H](NC1CCSCC1)c1ccccc1. The molecule has 1 heterocycles. The Morgan fingerprint density at radius 3 is 2.53 bits per heavy atom. The van der Waals surface area contributed by atoms with Crippen LogP contribution >= 0.6 is 11.8 Å². The summed E-state index contributed by atoms with van der Waals surface area (Å²) in [5.74, 6) is 2.64. The van der Waals surface area contributed by atoms with Crippen LogP contribution in [0.5, 0.6) is 0 Å². The van der Waals surface area contributed by atoms with Crippen LogP contribution in [-0.2, 0) is 0 Å². The van der Waals surface area contributed by atoms with Crippen LogP contribution in [0, 0.1) is 0 Å². The summed E-state index contributed by atoms with van der Waals surface area (Å²) >= 11 is 2.08.